The molecule has 1 unspecified atom stereocenters. The Morgan fingerprint density at radius 3 is 2.65 bits per heavy atom. The molecule has 0 aliphatic carbocycles. The third kappa shape index (κ3) is 5.55. The molecule has 0 aliphatic heterocycles. The number of hydrogen-bond donors (Lipinski definition) is 1. The molecule has 17 heavy (non-hydrogen) atoms. The van der Waals surface area contributed by atoms with Crippen LogP contribution < -0.4 is 10.1 Å². The normalized spacial score (nSPS) is 12.8. The summed E-state index contributed by atoms with van der Waals surface area (Å²) in [6.07, 6.45) is 0. The molecule has 0 saturated heterocycles. The fourth-order valence-electron chi connectivity index (χ4n) is 1.46. The number of ether oxygens (including phenoxy) is 1. The summed E-state index contributed by atoms with van der Waals surface area (Å²) >= 11 is 3.46. The van der Waals surface area contributed by atoms with Gasteiger partial charge in [0.2, 0.25) is 0 Å². The molecule has 0 aromatic heterocycles. The smallest absolute Gasteiger partial charge is 0.123 e. The third-order valence-corrected chi connectivity index (χ3v) is 3.04. The van der Waals surface area contributed by atoms with Crippen LogP contribution in [0.3, 0.4) is 0 Å². The van der Waals surface area contributed by atoms with Crippen LogP contribution in [0.25, 0.3) is 0 Å². The molecule has 1 rings (SSSR count). The lowest BCUT2D eigenvalue weighted by atomic mass is 10.2. The lowest BCUT2D eigenvalue weighted by Crippen LogP contribution is -2.30. The number of halogens is 1. The molecule has 0 radical (unpaired) electrons. The zero-order valence-electron chi connectivity index (χ0n) is 11.1. The predicted octanol–water partition coefficient (Wildman–Crippen LogP) is 3.77. The highest BCUT2D eigenvalue weighted by Crippen LogP contribution is 2.23. The molecule has 0 amide bonds. The molecule has 0 spiro atoms. The molecule has 96 valence electrons. The first-order valence-electron chi connectivity index (χ1n) is 6.11. The SMILES string of the molecule is Cc1ccc(Br)cc1OCC(C)CNC(C)C. The van der Waals surface area contributed by atoms with E-state index >= 15 is 0 Å². The minimum Gasteiger partial charge on any atom is -0.493 e. The summed E-state index contributed by atoms with van der Waals surface area (Å²) in [5.41, 5.74) is 1.18. The van der Waals surface area contributed by atoms with Crippen molar-refractivity contribution in [2.24, 2.45) is 5.92 Å². The fraction of sp³-hybridized carbons (Fsp3) is 0.571. The van der Waals surface area contributed by atoms with Gasteiger partial charge in [-0.3, -0.25) is 0 Å². The van der Waals surface area contributed by atoms with Crippen molar-refractivity contribution >= 4 is 15.9 Å². The Hall–Kier alpha value is -0.540. The molecule has 0 aliphatic rings. The predicted molar refractivity (Wildman–Crippen MR) is 76.7 cm³/mol. The number of hydrogen-bond acceptors (Lipinski definition) is 2. The Bertz CT molecular complexity index is 352. The van der Waals surface area contributed by atoms with Gasteiger partial charge in [0.25, 0.3) is 0 Å². The zero-order valence-corrected chi connectivity index (χ0v) is 12.7. The number of benzene rings is 1. The van der Waals surface area contributed by atoms with E-state index in [1.54, 1.807) is 0 Å². The molecule has 0 heterocycles. The third-order valence-electron chi connectivity index (χ3n) is 2.55. The largest absolute Gasteiger partial charge is 0.493 e. The van der Waals surface area contributed by atoms with Crippen molar-refractivity contribution in [2.75, 3.05) is 13.2 Å². The van der Waals surface area contributed by atoms with E-state index in [2.05, 4.69) is 55.0 Å². The Kier molecular flexibility index (Phi) is 6.00. The van der Waals surface area contributed by atoms with Gasteiger partial charge in [0.05, 0.1) is 6.61 Å². The second-order valence-corrected chi connectivity index (χ2v) is 5.80. The summed E-state index contributed by atoms with van der Waals surface area (Å²) in [6, 6.07) is 6.66. The maximum atomic E-state index is 5.84. The molecule has 3 heteroatoms. The van der Waals surface area contributed by atoms with Gasteiger partial charge in [0.1, 0.15) is 5.75 Å². The van der Waals surface area contributed by atoms with Gasteiger partial charge in [-0.15, -0.1) is 0 Å². The Morgan fingerprint density at radius 1 is 1.29 bits per heavy atom. The van der Waals surface area contributed by atoms with Gasteiger partial charge in [-0.1, -0.05) is 42.8 Å². The van der Waals surface area contributed by atoms with Crippen LogP contribution in [-0.2, 0) is 0 Å². The van der Waals surface area contributed by atoms with E-state index in [4.69, 9.17) is 4.74 Å². The van der Waals surface area contributed by atoms with E-state index in [0.717, 1.165) is 23.4 Å². The van der Waals surface area contributed by atoms with E-state index in [-0.39, 0.29) is 0 Å². The van der Waals surface area contributed by atoms with Crippen molar-refractivity contribution in [3.8, 4) is 5.75 Å². The summed E-state index contributed by atoms with van der Waals surface area (Å²) in [4.78, 5) is 0. The number of nitrogens with one attached hydrogen (secondary N) is 1. The van der Waals surface area contributed by atoms with Crippen LogP contribution in [0, 0.1) is 12.8 Å². The monoisotopic (exact) mass is 299 g/mol. The Labute approximate surface area is 113 Å². The van der Waals surface area contributed by atoms with Crippen molar-refractivity contribution < 1.29 is 4.74 Å². The molecule has 1 aromatic rings. The van der Waals surface area contributed by atoms with Crippen LogP contribution in [0.5, 0.6) is 5.75 Å². The molecule has 1 aromatic carbocycles. The number of aryl methyl sites for hydroxylation is 1. The minimum absolute atomic E-state index is 0.510. The summed E-state index contributed by atoms with van der Waals surface area (Å²) in [5, 5.41) is 3.42. The topological polar surface area (TPSA) is 21.3 Å². The van der Waals surface area contributed by atoms with Gasteiger partial charge in [-0.2, -0.15) is 0 Å². The van der Waals surface area contributed by atoms with Gasteiger partial charge in [-0.05, 0) is 24.6 Å². The lowest BCUT2D eigenvalue weighted by Gasteiger charge is -2.16. The average molecular weight is 300 g/mol. The number of rotatable bonds is 6. The molecule has 1 atom stereocenters. The molecule has 0 bridgehead atoms. The zero-order chi connectivity index (χ0) is 12.8. The molecular formula is C14H22BrNO. The highest BCUT2D eigenvalue weighted by atomic mass is 79.9. The molecular weight excluding hydrogens is 278 g/mol. The summed E-state index contributed by atoms with van der Waals surface area (Å²) < 4.78 is 6.90. The average Bonchev–Trinajstić information content (AvgIpc) is 2.27. The highest BCUT2D eigenvalue weighted by Gasteiger charge is 2.06. The first-order valence-corrected chi connectivity index (χ1v) is 6.90. The van der Waals surface area contributed by atoms with Gasteiger partial charge in [-0.25, -0.2) is 0 Å². The van der Waals surface area contributed by atoms with Crippen LogP contribution in [-0.4, -0.2) is 19.2 Å². The molecule has 0 saturated carbocycles. The summed E-state index contributed by atoms with van der Waals surface area (Å²) in [6.45, 7) is 10.3. The first kappa shape index (κ1) is 14.5. The lowest BCUT2D eigenvalue weighted by molar-refractivity contribution is 0.251. The van der Waals surface area contributed by atoms with Crippen LogP contribution in [0.1, 0.15) is 26.3 Å². The van der Waals surface area contributed by atoms with Crippen LogP contribution in [0.15, 0.2) is 22.7 Å². The van der Waals surface area contributed by atoms with Crippen molar-refractivity contribution in [2.45, 2.75) is 33.7 Å². The van der Waals surface area contributed by atoms with E-state index in [1.807, 2.05) is 12.1 Å². The second-order valence-electron chi connectivity index (χ2n) is 4.89. The van der Waals surface area contributed by atoms with Crippen LogP contribution in [0.4, 0.5) is 0 Å². The van der Waals surface area contributed by atoms with E-state index < -0.39 is 0 Å². The quantitative estimate of drug-likeness (QED) is 0.863. The highest BCUT2D eigenvalue weighted by molar-refractivity contribution is 9.10. The van der Waals surface area contributed by atoms with Gasteiger partial charge >= 0.3 is 0 Å². The molecule has 2 nitrogen and oxygen atoms in total. The van der Waals surface area contributed by atoms with Gasteiger partial charge in [0, 0.05) is 23.0 Å². The van der Waals surface area contributed by atoms with Crippen molar-refractivity contribution in [1.82, 2.24) is 5.32 Å². The molecule has 0 fully saturated rings. The van der Waals surface area contributed by atoms with E-state index in [1.165, 1.54) is 5.56 Å². The van der Waals surface area contributed by atoms with Crippen LogP contribution in [0.2, 0.25) is 0 Å². The molecule has 1 N–H and O–H groups in total. The van der Waals surface area contributed by atoms with Gasteiger partial charge in [0.15, 0.2) is 0 Å². The maximum absolute atomic E-state index is 5.84. The van der Waals surface area contributed by atoms with Crippen molar-refractivity contribution in [1.29, 1.82) is 0 Å². The van der Waals surface area contributed by atoms with Crippen LogP contribution >= 0.6 is 15.9 Å². The second kappa shape index (κ2) is 7.02. The Balaban J connectivity index is 2.41. The van der Waals surface area contributed by atoms with Crippen molar-refractivity contribution in [3.05, 3.63) is 28.2 Å². The van der Waals surface area contributed by atoms with Gasteiger partial charge < -0.3 is 10.1 Å². The Morgan fingerprint density at radius 2 is 2.00 bits per heavy atom. The van der Waals surface area contributed by atoms with E-state index in [9.17, 15) is 0 Å². The minimum atomic E-state index is 0.510. The van der Waals surface area contributed by atoms with E-state index in [0.29, 0.717) is 12.0 Å². The maximum Gasteiger partial charge on any atom is 0.123 e. The first-order chi connectivity index (χ1) is 7.99. The summed E-state index contributed by atoms with van der Waals surface area (Å²) in [7, 11) is 0. The fourth-order valence-corrected chi connectivity index (χ4v) is 1.80. The van der Waals surface area contributed by atoms with Crippen molar-refractivity contribution in [3.63, 3.8) is 0 Å². The standard InChI is InChI=1S/C14H22BrNO/c1-10(2)16-8-11(3)9-17-14-7-13(15)6-5-12(14)4/h5-7,10-11,16H,8-9H2,1-4H3. The summed E-state index contributed by atoms with van der Waals surface area (Å²) in [5.74, 6) is 1.48.